The average molecular weight is 350 g/mol. The van der Waals surface area contributed by atoms with E-state index >= 15 is 0 Å². The molecule has 3 heterocycles. The molecule has 4 rings (SSSR count). The largest absolute Gasteiger partial charge is 0.337 e. The number of anilines is 1. The number of nitrogens with one attached hydrogen (secondary N) is 1. The van der Waals surface area contributed by atoms with E-state index in [1.54, 1.807) is 30.3 Å². The normalized spacial score (nSPS) is 22.3. The van der Waals surface area contributed by atoms with Gasteiger partial charge in [0.25, 0.3) is 11.8 Å². The molecule has 0 spiro atoms. The van der Waals surface area contributed by atoms with Crippen molar-refractivity contribution in [2.75, 3.05) is 38.5 Å². The first kappa shape index (κ1) is 16.7. The van der Waals surface area contributed by atoms with E-state index in [2.05, 4.69) is 22.2 Å². The first-order chi connectivity index (χ1) is 12.6. The summed E-state index contributed by atoms with van der Waals surface area (Å²) in [5, 5.41) is 2.76. The summed E-state index contributed by atoms with van der Waals surface area (Å²) in [6.07, 6.45) is 0. The van der Waals surface area contributed by atoms with Crippen molar-refractivity contribution < 1.29 is 9.59 Å². The SMILES string of the molecule is CN1CC2CN(C(=O)c3cccc(NC(=O)c4ccccc4)n3)CC2C1. The summed E-state index contributed by atoms with van der Waals surface area (Å²) in [5.41, 5.74) is 0.937. The van der Waals surface area contributed by atoms with Crippen LogP contribution in [0.2, 0.25) is 0 Å². The Bertz CT molecular complexity index is 810. The summed E-state index contributed by atoms with van der Waals surface area (Å²) in [6.45, 7) is 3.68. The van der Waals surface area contributed by atoms with Gasteiger partial charge in [-0.1, -0.05) is 24.3 Å². The van der Waals surface area contributed by atoms with E-state index in [0.29, 0.717) is 28.9 Å². The topological polar surface area (TPSA) is 65.5 Å². The molecule has 1 aromatic heterocycles. The van der Waals surface area contributed by atoms with E-state index in [1.165, 1.54) is 0 Å². The molecule has 6 heteroatoms. The molecule has 1 N–H and O–H groups in total. The third kappa shape index (κ3) is 3.32. The quantitative estimate of drug-likeness (QED) is 0.919. The monoisotopic (exact) mass is 350 g/mol. The zero-order valence-electron chi connectivity index (χ0n) is 14.8. The minimum atomic E-state index is -0.235. The number of hydrogen-bond acceptors (Lipinski definition) is 4. The molecule has 2 amide bonds. The number of carbonyl (C=O) groups excluding carboxylic acids is 2. The van der Waals surface area contributed by atoms with Crippen LogP contribution in [0.4, 0.5) is 5.82 Å². The summed E-state index contributed by atoms with van der Waals surface area (Å²) < 4.78 is 0. The molecule has 26 heavy (non-hydrogen) atoms. The Morgan fingerprint density at radius 3 is 2.35 bits per heavy atom. The number of aromatic nitrogens is 1. The number of rotatable bonds is 3. The van der Waals surface area contributed by atoms with Crippen molar-refractivity contribution in [2.24, 2.45) is 11.8 Å². The van der Waals surface area contributed by atoms with Crippen LogP contribution in [0.1, 0.15) is 20.8 Å². The van der Waals surface area contributed by atoms with Crippen LogP contribution in [-0.2, 0) is 0 Å². The Balaban J connectivity index is 1.44. The van der Waals surface area contributed by atoms with Gasteiger partial charge in [-0.3, -0.25) is 9.59 Å². The number of likely N-dealkylation sites (tertiary alicyclic amines) is 2. The third-order valence-corrected chi connectivity index (χ3v) is 5.20. The van der Waals surface area contributed by atoms with Gasteiger partial charge in [0, 0.05) is 31.7 Å². The summed E-state index contributed by atoms with van der Waals surface area (Å²) in [7, 11) is 2.13. The van der Waals surface area contributed by atoms with Gasteiger partial charge in [0.2, 0.25) is 0 Å². The number of benzene rings is 1. The zero-order valence-corrected chi connectivity index (χ0v) is 14.8. The Kier molecular flexibility index (Phi) is 4.42. The van der Waals surface area contributed by atoms with E-state index in [0.717, 1.165) is 26.2 Å². The lowest BCUT2D eigenvalue weighted by molar-refractivity contribution is 0.0770. The van der Waals surface area contributed by atoms with Crippen molar-refractivity contribution in [1.82, 2.24) is 14.8 Å². The molecule has 6 nitrogen and oxygen atoms in total. The number of hydrogen-bond donors (Lipinski definition) is 1. The Hall–Kier alpha value is -2.73. The standard InChI is InChI=1S/C20H22N4O2/c1-23-10-15-12-24(13-16(15)11-23)20(26)17-8-5-9-18(21-17)22-19(25)14-6-3-2-4-7-14/h2-9,15-16H,10-13H2,1H3,(H,21,22,25). The van der Waals surface area contributed by atoms with Gasteiger partial charge in [-0.25, -0.2) is 4.98 Å². The number of nitrogens with zero attached hydrogens (tertiary/aromatic N) is 3. The second-order valence-electron chi connectivity index (χ2n) is 7.18. The highest BCUT2D eigenvalue weighted by Gasteiger charge is 2.40. The van der Waals surface area contributed by atoms with Crippen molar-refractivity contribution in [3.63, 3.8) is 0 Å². The molecular weight excluding hydrogens is 328 g/mol. The molecule has 2 saturated heterocycles. The van der Waals surface area contributed by atoms with E-state index < -0.39 is 0 Å². The van der Waals surface area contributed by atoms with E-state index in [-0.39, 0.29) is 11.8 Å². The highest BCUT2D eigenvalue weighted by Crippen LogP contribution is 2.30. The van der Waals surface area contributed by atoms with Gasteiger partial charge in [0.1, 0.15) is 11.5 Å². The second-order valence-corrected chi connectivity index (χ2v) is 7.18. The van der Waals surface area contributed by atoms with Crippen LogP contribution in [0.3, 0.4) is 0 Å². The minimum Gasteiger partial charge on any atom is -0.337 e. The maximum Gasteiger partial charge on any atom is 0.272 e. The molecule has 0 aliphatic carbocycles. The van der Waals surface area contributed by atoms with Crippen molar-refractivity contribution >= 4 is 17.6 Å². The molecule has 2 unspecified atom stereocenters. The summed E-state index contributed by atoms with van der Waals surface area (Å²) in [4.78, 5) is 33.7. The first-order valence-corrected chi connectivity index (χ1v) is 8.91. The van der Waals surface area contributed by atoms with Crippen LogP contribution in [0, 0.1) is 11.8 Å². The maximum absolute atomic E-state index is 12.8. The lowest BCUT2D eigenvalue weighted by Gasteiger charge is -2.19. The molecule has 0 bridgehead atoms. The fourth-order valence-corrected chi connectivity index (χ4v) is 3.96. The van der Waals surface area contributed by atoms with Crippen LogP contribution >= 0.6 is 0 Å². The van der Waals surface area contributed by atoms with E-state index in [1.807, 2.05) is 23.1 Å². The predicted octanol–water partition coefficient (Wildman–Crippen LogP) is 1.97. The molecule has 0 saturated carbocycles. The lowest BCUT2D eigenvalue weighted by Crippen LogP contribution is -2.33. The molecule has 134 valence electrons. The summed E-state index contributed by atoms with van der Waals surface area (Å²) in [6, 6.07) is 14.1. The Morgan fingerprint density at radius 2 is 1.65 bits per heavy atom. The van der Waals surface area contributed by atoms with Gasteiger partial charge < -0.3 is 15.1 Å². The number of amides is 2. The van der Waals surface area contributed by atoms with Crippen LogP contribution in [0.25, 0.3) is 0 Å². The molecule has 2 atom stereocenters. The van der Waals surface area contributed by atoms with Crippen molar-refractivity contribution in [1.29, 1.82) is 0 Å². The smallest absolute Gasteiger partial charge is 0.272 e. The van der Waals surface area contributed by atoms with Crippen LogP contribution in [-0.4, -0.2) is 59.8 Å². The van der Waals surface area contributed by atoms with Crippen LogP contribution in [0.5, 0.6) is 0 Å². The Morgan fingerprint density at radius 1 is 0.962 bits per heavy atom. The van der Waals surface area contributed by atoms with Gasteiger partial charge in [-0.15, -0.1) is 0 Å². The fraction of sp³-hybridized carbons (Fsp3) is 0.350. The van der Waals surface area contributed by atoms with Crippen molar-refractivity contribution in [3.8, 4) is 0 Å². The third-order valence-electron chi connectivity index (χ3n) is 5.20. The van der Waals surface area contributed by atoms with Gasteiger partial charge >= 0.3 is 0 Å². The molecular formula is C20H22N4O2. The summed E-state index contributed by atoms with van der Waals surface area (Å²) in [5.74, 6) is 1.22. The maximum atomic E-state index is 12.8. The first-order valence-electron chi connectivity index (χ1n) is 8.91. The van der Waals surface area contributed by atoms with Gasteiger partial charge in [0.05, 0.1) is 0 Å². The number of fused-ring (bicyclic) bond motifs is 1. The van der Waals surface area contributed by atoms with E-state index in [9.17, 15) is 9.59 Å². The average Bonchev–Trinajstić information content (AvgIpc) is 3.19. The highest BCUT2D eigenvalue weighted by atomic mass is 16.2. The molecule has 2 aromatic rings. The molecule has 2 aliphatic heterocycles. The molecule has 1 aromatic carbocycles. The van der Waals surface area contributed by atoms with Gasteiger partial charge in [0.15, 0.2) is 0 Å². The zero-order chi connectivity index (χ0) is 18.1. The van der Waals surface area contributed by atoms with Crippen molar-refractivity contribution in [2.45, 2.75) is 0 Å². The van der Waals surface area contributed by atoms with Gasteiger partial charge in [-0.05, 0) is 43.1 Å². The molecule has 0 radical (unpaired) electrons. The van der Waals surface area contributed by atoms with Crippen LogP contribution in [0.15, 0.2) is 48.5 Å². The number of pyridine rings is 1. The summed E-state index contributed by atoms with van der Waals surface area (Å²) >= 11 is 0. The van der Waals surface area contributed by atoms with Crippen molar-refractivity contribution in [3.05, 3.63) is 59.8 Å². The second kappa shape index (κ2) is 6.88. The van der Waals surface area contributed by atoms with Gasteiger partial charge in [-0.2, -0.15) is 0 Å². The van der Waals surface area contributed by atoms with Crippen LogP contribution < -0.4 is 5.32 Å². The predicted molar refractivity (Wildman–Crippen MR) is 99.0 cm³/mol. The minimum absolute atomic E-state index is 0.0575. The van der Waals surface area contributed by atoms with E-state index in [4.69, 9.17) is 0 Å². The number of carbonyl (C=O) groups is 2. The highest BCUT2D eigenvalue weighted by molar-refractivity contribution is 6.04. The molecule has 2 fully saturated rings. The Labute approximate surface area is 152 Å². The lowest BCUT2D eigenvalue weighted by atomic mass is 10.0. The fourth-order valence-electron chi connectivity index (χ4n) is 3.96. The molecule has 2 aliphatic rings.